The Balaban J connectivity index is 2.73. The van der Waals surface area contributed by atoms with E-state index in [0.717, 1.165) is 0 Å². The van der Waals surface area contributed by atoms with Crippen LogP contribution in [-0.4, -0.2) is 12.6 Å². The van der Waals surface area contributed by atoms with Gasteiger partial charge in [-0.1, -0.05) is 6.58 Å². The van der Waals surface area contributed by atoms with Crippen molar-refractivity contribution in [2.45, 2.75) is 19.8 Å². The summed E-state index contributed by atoms with van der Waals surface area (Å²) in [6.45, 7) is 7.50. The maximum atomic E-state index is 11.3. The Bertz CT molecular complexity index is 325. The highest BCUT2D eigenvalue weighted by Gasteiger charge is 2.19. The Hall–Kier alpha value is -1.51. The Morgan fingerprint density at radius 2 is 2.43 bits per heavy atom. The first-order chi connectivity index (χ1) is 6.69. The van der Waals surface area contributed by atoms with Crippen molar-refractivity contribution < 1.29 is 13.9 Å². The molecule has 3 nitrogen and oxygen atoms in total. The SMILES string of the molecule is C=Cc1ccc(C(C)C(=O)OCC)o1. The summed E-state index contributed by atoms with van der Waals surface area (Å²) < 4.78 is 10.2. The topological polar surface area (TPSA) is 39.4 Å². The van der Waals surface area contributed by atoms with E-state index in [1.54, 1.807) is 32.1 Å². The van der Waals surface area contributed by atoms with Gasteiger partial charge in [0.05, 0.1) is 6.61 Å². The molecule has 76 valence electrons. The zero-order valence-electron chi connectivity index (χ0n) is 8.45. The molecule has 14 heavy (non-hydrogen) atoms. The summed E-state index contributed by atoms with van der Waals surface area (Å²) in [6, 6.07) is 3.54. The summed E-state index contributed by atoms with van der Waals surface area (Å²) >= 11 is 0. The minimum absolute atomic E-state index is 0.266. The lowest BCUT2D eigenvalue weighted by atomic mass is 10.1. The summed E-state index contributed by atoms with van der Waals surface area (Å²) in [6.07, 6.45) is 1.60. The van der Waals surface area contributed by atoms with Gasteiger partial charge in [-0.3, -0.25) is 4.79 Å². The number of hydrogen-bond donors (Lipinski definition) is 0. The summed E-state index contributed by atoms with van der Waals surface area (Å²) in [5, 5.41) is 0. The molecule has 0 aliphatic heterocycles. The molecule has 0 aromatic carbocycles. The first kappa shape index (κ1) is 10.6. The monoisotopic (exact) mass is 194 g/mol. The van der Waals surface area contributed by atoms with E-state index in [1.165, 1.54) is 0 Å². The molecule has 0 aliphatic rings. The lowest BCUT2D eigenvalue weighted by molar-refractivity contribution is -0.144. The number of esters is 1. The molecule has 3 heteroatoms. The Kier molecular flexibility index (Phi) is 3.51. The molecule has 0 spiro atoms. The zero-order valence-corrected chi connectivity index (χ0v) is 8.45. The van der Waals surface area contributed by atoms with E-state index in [2.05, 4.69) is 6.58 Å². The first-order valence-corrected chi connectivity index (χ1v) is 4.57. The van der Waals surface area contributed by atoms with Gasteiger partial charge in [-0.15, -0.1) is 0 Å². The van der Waals surface area contributed by atoms with Crippen molar-refractivity contribution in [3.05, 3.63) is 30.2 Å². The average molecular weight is 194 g/mol. The van der Waals surface area contributed by atoms with E-state index in [1.807, 2.05) is 0 Å². The van der Waals surface area contributed by atoms with E-state index in [-0.39, 0.29) is 11.9 Å². The maximum Gasteiger partial charge on any atom is 0.316 e. The highest BCUT2D eigenvalue weighted by molar-refractivity contribution is 5.76. The third-order valence-corrected chi connectivity index (χ3v) is 1.92. The molecule has 1 aromatic rings. The molecule has 0 amide bonds. The molecule has 1 heterocycles. The summed E-state index contributed by atoms with van der Waals surface area (Å²) in [7, 11) is 0. The first-order valence-electron chi connectivity index (χ1n) is 4.57. The second-order valence-electron chi connectivity index (χ2n) is 2.92. The van der Waals surface area contributed by atoms with Crippen LogP contribution in [0.2, 0.25) is 0 Å². The van der Waals surface area contributed by atoms with E-state index in [4.69, 9.17) is 9.15 Å². The van der Waals surface area contributed by atoms with Crippen LogP contribution < -0.4 is 0 Å². The van der Waals surface area contributed by atoms with E-state index in [9.17, 15) is 4.79 Å². The van der Waals surface area contributed by atoms with Gasteiger partial charge >= 0.3 is 5.97 Å². The number of furan rings is 1. The molecular weight excluding hydrogens is 180 g/mol. The summed E-state index contributed by atoms with van der Waals surface area (Å²) in [4.78, 5) is 11.3. The minimum Gasteiger partial charge on any atom is -0.465 e. The van der Waals surface area contributed by atoms with E-state index >= 15 is 0 Å². The molecule has 1 atom stereocenters. The third kappa shape index (κ3) is 2.25. The molecule has 0 aliphatic carbocycles. The van der Waals surface area contributed by atoms with Crippen LogP contribution in [0.4, 0.5) is 0 Å². The van der Waals surface area contributed by atoms with Gasteiger partial charge in [0, 0.05) is 0 Å². The van der Waals surface area contributed by atoms with Gasteiger partial charge in [0.25, 0.3) is 0 Å². The van der Waals surface area contributed by atoms with Gasteiger partial charge in [-0.2, -0.15) is 0 Å². The molecule has 0 N–H and O–H groups in total. The molecule has 1 aromatic heterocycles. The Labute approximate surface area is 83.4 Å². The van der Waals surface area contributed by atoms with Crippen molar-refractivity contribution in [2.75, 3.05) is 6.61 Å². The van der Waals surface area contributed by atoms with Crippen molar-refractivity contribution in [1.82, 2.24) is 0 Å². The third-order valence-electron chi connectivity index (χ3n) is 1.92. The lowest BCUT2D eigenvalue weighted by Gasteiger charge is -2.06. The summed E-state index contributed by atoms with van der Waals surface area (Å²) in [5.74, 6) is 0.649. The Morgan fingerprint density at radius 3 is 2.93 bits per heavy atom. The van der Waals surface area contributed by atoms with Gasteiger partial charge in [-0.05, 0) is 32.1 Å². The highest BCUT2D eigenvalue weighted by Crippen LogP contribution is 2.20. The molecule has 0 radical (unpaired) electrons. The van der Waals surface area contributed by atoms with E-state index in [0.29, 0.717) is 18.1 Å². The molecule has 1 rings (SSSR count). The van der Waals surface area contributed by atoms with Gasteiger partial charge in [0.2, 0.25) is 0 Å². The number of ether oxygens (including phenoxy) is 1. The number of carbonyl (C=O) groups excluding carboxylic acids is 1. The van der Waals surface area contributed by atoms with Gasteiger partial charge in [0.15, 0.2) is 0 Å². The molecule has 0 saturated heterocycles. The lowest BCUT2D eigenvalue weighted by Crippen LogP contribution is -2.12. The van der Waals surface area contributed by atoms with Crippen molar-refractivity contribution in [2.24, 2.45) is 0 Å². The summed E-state index contributed by atoms with van der Waals surface area (Å²) in [5.41, 5.74) is 0. The molecule has 1 unspecified atom stereocenters. The van der Waals surface area contributed by atoms with Crippen LogP contribution in [0.3, 0.4) is 0 Å². The van der Waals surface area contributed by atoms with Crippen LogP contribution >= 0.6 is 0 Å². The maximum absolute atomic E-state index is 11.3. The largest absolute Gasteiger partial charge is 0.465 e. The Morgan fingerprint density at radius 1 is 1.71 bits per heavy atom. The predicted octanol–water partition coefficient (Wildman–Crippen LogP) is 2.59. The van der Waals surface area contributed by atoms with Crippen LogP contribution in [0.15, 0.2) is 23.1 Å². The second kappa shape index (κ2) is 4.65. The van der Waals surface area contributed by atoms with Crippen LogP contribution in [0.1, 0.15) is 31.3 Å². The van der Waals surface area contributed by atoms with Crippen molar-refractivity contribution in [3.63, 3.8) is 0 Å². The number of carbonyl (C=O) groups is 1. The quantitative estimate of drug-likeness (QED) is 0.691. The minimum atomic E-state index is -0.358. The molecular formula is C11H14O3. The van der Waals surface area contributed by atoms with Crippen LogP contribution in [-0.2, 0) is 9.53 Å². The van der Waals surface area contributed by atoms with Crippen molar-refractivity contribution in [3.8, 4) is 0 Å². The molecule has 0 bridgehead atoms. The van der Waals surface area contributed by atoms with Crippen LogP contribution in [0.5, 0.6) is 0 Å². The standard InChI is InChI=1S/C11H14O3/c1-4-9-6-7-10(14-9)8(3)11(12)13-5-2/h4,6-8H,1,5H2,2-3H3. The fraction of sp³-hybridized carbons (Fsp3) is 0.364. The predicted molar refractivity (Wildman–Crippen MR) is 53.8 cm³/mol. The molecule has 0 saturated carbocycles. The van der Waals surface area contributed by atoms with Gasteiger partial charge in [-0.25, -0.2) is 0 Å². The smallest absolute Gasteiger partial charge is 0.316 e. The van der Waals surface area contributed by atoms with Gasteiger partial charge < -0.3 is 9.15 Å². The van der Waals surface area contributed by atoms with E-state index < -0.39 is 0 Å². The molecule has 0 fully saturated rings. The highest BCUT2D eigenvalue weighted by atomic mass is 16.5. The number of hydrogen-bond acceptors (Lipinski definition) is 3. The van der Waals surface area contributed by atoms with Crippen LogP contribution in [0.25, 0.3) is 6.08 Å². The normalized spacial score (nSPS) is 12.1. The number of rotatable bonds is 4. The van der Waals surface area contributed by atoms with Crippen molar-refractivity contribution in [1.29, 1.82) is 0 Å². The average Bonchev–Trinajstić information content (AvgIpc) is 2.65. The van der Waals surface area contributed by atoms with Crippen LogP contribution in [0, 0.1) is 0 Å². The zero-order chi connectivity index (χ0) is 10.6. The fourth-order valence-corrected chi connectivity index (χ4v) is 1.09. The second-order valence-corrected chi connectivity index (χ2v) is 2.92. The van der Waals surface area contributed by atoms with Crippen molar-refractivity contribution >= 4 is 12.0 Å². The van der Waals surface area contributed by atoms with Gasteiger partial charge in [0.1, 0.15) is 17.4 Å². The fourth-order valence-electron chi connectivity index (χ4n) is 1.09.